The van der Waals surface area contributed by atoms with E-state index in [-0.39, 0.29) is 5.91 Å². The molecule has 0 radical (unpaired) electrons. The number of amides is 1. The first kappa shape index (κ1) is 18.2. The third kappa shape index (κ3) is 4.52. The van der Waals surface area contributed by atoms with Gasteiger partial charge in [-0.25, -0.2) is 4.98 Å². The van der Waals surface area contributed by atoms with Crippen LogP contribution >= 0.6 is 11.8 Å². The molecule has 0 saturated carbocycles. The number of nitrogens with zero attached hydrogens (tertiary/aromatic N) is 2. The molecule has 26 heavy (non-hydrogen) atoms. The summed E-state index contributed by atoms with van der Waals surface area (Å²) in [5, 5.41) is 7.62. The second-order valence-corrected chi connectivity index (χ2v) is 7.27. The van der Waals surface area contributed by atoms with Crippen LogP contribution in [0.2, 0.25) is 0 Å². The molecule has 0 aliphatic carbocycles. The molecule has 5 nitrogen and oxygen atoms in total. The second kappa shape index (κ2) is 8.19. The zero-order chi connectivity index (χ0) is 18.5. The number of carbonyl (C=O) groups is 1. The average molecular weight is 367 g/mol. The zero-order valence-electron chi connectivity index (χ0n) is 15.0. The van der Waals surface area contributed by atoms with Crippen LogP contribution < -0.4 is 5.32 Å². The molecule has 1 aromatic carbocycles. The Labute approximate surface area is 157 Å². The summed E-state index contributed by atoms with van der Waals surface area (Å²) in [4.78, 5) is 17.1. The summed E-state index contributed by atoms with van der Waals surface area (Å²) in [6.07, 6.45) is 1.69. The highest BCUT2D eigenvalue weighted by Crippen LogP contribution is 2.25. The molecule has 1 N–H and O–H groups in total. The summed E-state index contributed by atoms with van der Waals surface area (Å²) < 4.78 is 5.08. The van der Waals surface area contributed by atoms with Gasteiger partial charge in [0.05, 0.1) is 11.3 Å². The van der Waals surface area contributed by atoms with Gasteiger partial charge < -0.3 is 9.84 Å². The van der Waals surface area contributed by atoms with Gasteiger partial charge in [0.25, 0.3) is 5.91 Å². The third-order valence-electron chi connectivity index (χ3n) is 3.86. The molecule has 2 heterocycles. The molecule has 0 aliphatic heterocycles. The van der Waals surface area contributed by atoms with Crippen molar-refractivity contribution in [3.63, 3.8) is 0 Å². The van der Waals surface area contributed by atoms with Crippen LogP contribution in [-0.2, 0) is 5.75 Å². The topological polar surface area (TPSA) is 68.0 Å². The minimum absolute atomic E-state index is 0.169. The molecule has 0 unspecified atom stereocenters. The van der Waals surface area contributed by atoms with Gasteiger partial charge in [-0.05, 0) is 42.7 Å². The number of thioether (sulfide) groups is 1. The number of aromatic nitrogens is 2. The minimum Gasteiger partial charge on any atom is -0.361 e. The number of hydrogen-bond acceptors (Lipinski definition) is 5. The van der Waals surface area contributed by atoms with Crippen molar-refractivity contribution in [1.82, 2.24) is 10.1 Å². The Morgan fingerprint density at radius 1 is 1.23 bits per heavy atom. The van der Waals surface area contributed by atoms with Crippen LogP contribution in [-0.4, -0.2) is 16.0 Å². The van der Waals surface area contributed by atoms with Crippen LogP contribution in [0, 0.1) is 6.92 Å². The summed E-state index contributed by atoms with van der Waals surface area (Å²) in [5.74, 6) is 1.60. The number of anilines is 1. The Balaban J connectivity index is 1.74. The van der Waals surface area contributed by atoms with Crippen molar-refractivity contribution in [3.8, 4) is 0 Å². The lowest BCUT2D eigenvalue weighted by atomic mass is 10.0. The van der Waals surface area contributed by atoms with Gasteiger partial charge in [0.2, 0.25) is 0 Å². The predicted octanol–water partition coefficient (Wildman–Crippen LogP) is 5.05. The van der Waals surface area contributed by atoms with Crippen LogP contribution in [0.25, 0.3) is 0 Å². The number of nitrogens with one attached hydrogen (secondary N) is 1. The van der Waals surface area contributed by atoms with Crippen molar-refractivity contribution in [2.75, 3.05) is 5.32 Å². The summed E-state index contributed by atoms with van der Waals surface area (Å²) in [6, 6.07) is 13.3. The van der Waals surface area contributed by atoms with Crippen LogP contribution in [0.15, 0.2) is 58.2 Å². The molecule has 2 aromatic heterocycles. The van der Waals surface area contributed by atoms with Crippen molar-refractivity contribution in [2.24, 2.45) is 0 Å². The van der Waals surface area contributed by atoms with Gasteiger partial charge in [-0.15, -0.1) is 0 Å². The van der Waals surface area contributed by atoms with E-state index < -0.39 is 0 Å². The molecule has 0 fully saturated rings. The Hall–Kier alpha value is -2.60. The quantitative estimate of drug-likeness (QED) is 0.618. The summed E-state index contributed by atoms with van der Waals surface area (Å²) >= 11 is 1.47. The fourth-order valence-corrected chi connectivity index (χ4v) is 3.35. The van der Waals surface area contributed by atoms with E-state index in [1.54, 1.807) is 18.3 Å². The van der Waals surface area contributed by atoms with Gasteiger partial charge in [-0.2, -0.15) is 0 Å². The molecule has 6 heteroatoms. The molecule has 0 bridgehead atoms. The van der Waals surface area contributed by atoms with Crippen LogP contribution in [0.5, 0.6) is 0 Å². The van der Waals surface area contributed by atoms with E-state index in [9.17, 15) is 4.79 Å². The number of rotatable bonds is 6. The standard InChI is InChI=1S/C20H21N3O2S/c1-13(2)15-6-4-7-16(11-15)22-19(24)18-8-5-9-21-20(18)26-12-17-10-14(3)25-23-17/h4-11,13H,12H2,1-3H3,(H,22,24). The van der Waals surface area contributed by atoms with Crippen molar-refractivity contribution >= 4 is 23.4 Å². The first-order valence-corrected chi connectivity index (χ1v) is 9.43. The fourth-order valence-electron chi connectivity index (χ4n) is 2.48. The zero-order valence-corrected chi connectivity index (χ0v) is 15.8. The Morgan fingerprint density at radius 2 is 2.08 bits per heavy atom. The first-order chi connectivity index (χ1) is 12.5. The lowest BCUT2D eigenvalue weighted by molar-refractivity contribution is 0.102. The SMILES string of the molecule is Cc1cc(CSc2ncccc2C(=O)Nc2cccc(C(C)C)c2)no1. The monoisotopic (exact) mass is 367 g/mol. The van der Waals surface area contributed by atoms with Crippen molar-refractivity contribution in [3.05, 3.63) is 71.2 Å². The van der Waals surface area contributed by atoms with E-state index in [0.717, 1.165) is 17.1 Å². The highest BCUT2D eigenvalue weighted by atomic mass is 32.2. The smallest absolute Gasteiger partial charge is 0.258 e. The fraction of sp³-hybridized carbons (Fsp3) is 0.250. The van der Waals surface area contributed by atoms with Gasteiger partial charge in [0, 0.05) is 23.7 Å². The van der Waals surface area contributed by atoms with Crippen molar-refractivity contribution in [2.45, 2.75) is 37.5 Å². The summed E-state index contributed by atoms with van der Waals surface area (Å²) in [6.45, 7) is 6.11. The maximum Gasteiger partial charge on any atom is 0.258 e. The molecule has 3 rings (SSSR count). The van der Waals surface area contributed by atoms with E-state index in [1.807, 2.05) is 31.2 Å². The van der Waals surface area contributed by atoms with Crippen molar-refractivity contribution < 1.29 is 9.32 Å². The van der Waals surface area contributed by atoms with Gasteiger partial charge in [0.1, 0.15) is 10.8 Å². The molecule has 0 atom stereocenters. The lowest BCUT2D eigenvalue weighted by Gasteiger charge is -2.11. The molecule has 0 aliphatic rings. The first-order valence-electron chi connectivity index (χ1n) is 8.44. The normalized spacial score (nSPS) is 10.9. The van der Waals surface area contributed by atoms with Crippen molar-refractivity contribution in [1.29, 1.82) is 0 Å². The molecule has 3 aromatic rings. The number of pyridine rings is 1. The largest absolute Gasteiger partial charge is 0.361 e. The Kier molecular flexibility index (Phi) is 5.73. The van der Waals surface area contributed by atoms with Gasteiger partial charge >= 0.3 is 0 Å². The van der Waals surface area contributed by atoms with E-state index in [1.165, 1.54) is 17.3 Å². The summed E-state index contributed by atoms with van der Waals surface area (Å²) in [7, 11) is 0. The highest BCUT2D eigenvalue weighted by molar-refractivity contribution is 7.98. The predicted molar refractivity (Wildman–Crippen MR) is 104 cm³/mol. The molecule has 0 spiro atoms. The van der Waals surface area contributed by atoms with Gasteiger partial charge in [0.15, 0.2) is 0 Å². The maximum atomic E-state index is 12.7. The van der Waals surface area contributed by atoms with Gasteiger partial charge in [-0.3, -0.25) is 4.79 Å². The third-order valence-corrected chi connectivity index (χ3v) is 4.90. The lowest BCUT2D eigenvalue weighted by Crippen LogP contribution is -2.13. The van der Waals surface area contributed by atoms with Crippen LogP contribution in [0.1, 0.15) is 47.1 Å². The summed E-state index contributed by atoms with van der Waals surface area (Å²) in [5.41, 5.74) is 3.35. The molecule has 134 valence electrons. The van der Waals surface area contributed by atoms with E-state index in [2.05, 4.69) is 35.4 Å². The molecule has 1 amide bonds. The maximum absolute atomic E-state index is 12.7. The molecular weight excluding hydrogens is 346 g/mol. The van der Waals surface area contributed by atoms with E-state index in [4.69, 9.17) is 4.52 Å². The van der Waals surface area contributed by atoms with E-state index in [0.29, 0.717) is 22.3 Å². The average Bonchev–Trinajstić information content (AvgIpc) is 3.05. The van der Waals surface area contributed by atoms with Crippen LogP contribution in [0.3, 0.4) is 0 Å². The number of benzene rings is 1. The number of aryl methyl sites for hydroxylation is 1. The Morgan fingerprint density at radius 3 is 2.81 bits per heavy atom. The minimum atomic E-state index is -0.169. The number of carbonyl (C=O) groups excluding carboxylic acids is 1. The van der Waals surface area contributed by atoms with Gasteiger partial charge in [-0.1, -0.05) is 42.9 Å². The molecular formula is C20H21N3O2S. The molecule has 0 saturated heterocycles. The van der Waals surface area contributed by atoms with Crippen LogP contribution in [0.4, 0.5) is 5.69 Å². The number of hydrogen-bond donors (Lipinski definition) is 1. The second-order valence-electron chi connectivity index (χ2n) is 6.31. The Bertz CT molecular complexity index is 905. The highest BCUT2D eigenvalue weighted by Gasteiger charge is 2.14. The van der Waals surface area contributed by atoms with E-state index >= 15 is 0 Å².